The zero-order valence-electron chi connectivity index (χ0n) is 25.4. The molecule has 10 nitrogen and oxygen atoms in total. The van der Waals surface area contributed by atoms with E-state index in [1.165, 1.54) is 20.9 Å². The molecule has 3 amide bonds. The van der Waals surface area contributed by atoms with Crippen molar-refractivity contribution in [3.8, 4) is 17.2 Å². The quantitative estimate of drug-likeness (QED) is 0.376. The van der Waals surface area contributed by atoms with Crippen LogP contribution in [0.15, 0.2) is 36.4 Å². The second-order valence-corrected chi connectivity index (χ2v) is 12.0. The number of nitrogens with zero attached hydrogens (tertiary/aromatic N) is 3. The van der Waals surface area contributed by atoms with Crippen LogP contribution < -0.4 is 14.2 Å². The van der Waals surface area contributed by atoms with E-state index in [1.54, 1.807) is 14.2 Å². The highest BCUT2D eigenvalue weighted by molar-refractivity contribution is 5.96. The van der Waals surface area contributed by atoms with Crippen molar-refractivity contribution in [2.75, 3.05) is 47.0 Å². The Hall–Kier alpha value is -3.79. The largest absolute Gasteiger partial charge is 0.493 e. The maximum atomic E-state index is 12.4. The van der Waals surface area contributed by atoms with Crippen molar-refractivity contribution in [3.05, 3.63) is 53.1 Å². The minimum Gasteiger partial charge on any atom is -0.493 e. The third-order valence-electron chi connectivity index (χ3n) is 9.14. The Labute approximate surface area is 253 Å². The fourth-order valence-electron chi connectivity index (χ4n) is 6.40. The summed E-state index contributed by atoms with van der Waals surface area (Å²) in [6.07, 6.45) is 4.50. The molecule has 3 aliphatic rings. The Morgan fingerprint density at radius 3 is 2.63 bits per heavy atom. The number of imide groups is 1. The minimum absolute atomic E-state index is 0.141. The molecule has 1 unspecified atom stereocenters. The van der Waals surface area contributed by atoms with Crippen LogP contribution in [0, 0.1) is 11.8 Å². The fourth-order valence-corrected chi connectivity index (χ4v) is 6.40. The van der Waals surface area contributed by atoms with E-state index < -0.39 is 5.97 Å². The molecule has 1 atom stereocenters. The van der Waals surface area contributed by atoms with E-state index in [2.05, 4.69) is 30.0 Å². The van der Waals surface area contributed by atoms with Gasteiger partial charge in [-0.1, -0.05) is 18.2 Å². The molecule has 5 rings (SSSR count). The summed E-state index contributed by atoms with van der Waals surface area (Å²) in [5.41, 5.74) is 3.56. The molecule has 0 bridgehead atoms. The first-order chi connectivity index (χ1) is 20.7. The number of hydrogen-bond donors (Lipinski definition) is 1. The van der Waals surface area contributed by atoms with E-state index in [0.717, 1.165) is 56.6 Å². The predicted molar refractivity (Wildman–Crippen MR) is 160 cm³/mol. The normalized spacial score (nSPS) is 21.0. The molecule has 232 valence electrons. The van der Waals surface area contributed by atoms with Crippen molar-refractivity contribution in [1.29, 1.82) is 0 Å². The van der Waals surface area contributed by atoms with Crippen LogP contribution in [0.1, 0.15) is 61.8 Å². The molecule has 2 aromatic rings. The second kappa shape index (κ2) is 13.7. The van der Waals surface area contributed by atoms with Crippen molar-refractivity contribution in [2.24, 2.45) is 11.8 Å². The third kappa shape index (κ3) is 7.24. The van der Waals surface area contributed by atoms with Crippen LogP contribution in [0.2, 0.25) is 0 Å². The number of urea groups is 1. The molecule has 10 heteroatoms. The first-order valence-corrected chi connectivity index (χ1v) is 15.3. The van der Waals surface area contributed by atoms with Gasteiger partial charge in [-0.05, 0) is 73.4 Å². The summed E-state index contributed by atoms with van der Waals surface area (Å²) in [6.45, 7) is 5.29. The highest BCUT2D eigenvalue weighted by Gasteiger charge is 2.30. The number of fused-ring (bicyclic) bond motifs is 1. The summed E-state index contributed by atoms with van der Waals surface area (Å²) in [5.74, 6) is 1.45. The Morgan fingerprint density at radius 2 is 1.88 bits per heavy atom. The number of rotatable bonds is 12. The molecule has 43 heavy (non-hydrogen) atoms. The van der Waals surface area contributed by atoms with Crippen molar-refractivity contribution < 1.29 is 33.7 Å². The number of carbonyl (C=O) groups is 3. The van der Waals surface area contributed by atoms with Gasteiger partial charge in [0.25, 0.3) is 0 Å². The number of carboxylic acid groups (broad SMARTS) is 1. The Bertz CT molecular complexity index is 1320. The summed E-state index contributed by atoms with van der Waals surface area (Å²) < 4.78 is 17.4. The number of aliphatic carboxylic acids is 1. The Morgan fingerprint density at radius 1 is 1.09 bits per heavy atom. The lowest BCUT2D eigenvalue weighted by molar-refractivity contribution is -0.143. The van der Waals surface area contributed by atoms with Crippen molar-refractivity contribution in [2.45, 2.75) is 58.0 Å². The molecule has 0 aromatic heterocycles. The van der Waals surface area contributed by atoms with Gasteiger partial charge in [-0.2, -0.15) is 0 Å². The Kier molecular flexibility index (Phi) is 9.75. The van der Waals surface area contributed by atoms with E-state index >= 15 is 0 Å². The Balaban J connectivity index is 1.28. The van der Waals surface area contributed by atoms with Crippen LogP contribution in [0.4, 0.5) is 4.79 Å². The van der Waals surface area contributed by atoms with Crippen LogP contribution in [0.25, 0.3) is 0 Å². The molecule has 2 aromatic carbocycles. The summed E-state index contributed by atoms with van der Waals surface area (Å²) in [6, 6.07) is 12.2. The highest BCUT2D eigenvalue weighted by Crippen LogP contribution is 2.36. The number of methoxy groups -OCH3 is 1. The van der Waals surface area contributed by atoms with Crippen molar-refractivity contribution >= 4 is 17.9 Å². The van der Waals surface area contributed by atoms with Gasteiger partial charge >= 0.3 is 12.0 Å². The molecule has 1 aliphatic carbocycles. The average molecular weight is 594 g/mol. The second-order valence-electron chi connectivity index (χ2n) is 12.0. The van der Waals surface area contributed by atoms with E-state index in [1.807, 2.05) is 18.2 Å². The van der Waals surface area contributed by atoms with Gasteiger partial charge in [0, 0.05) is 45.6 Å². The number of hydrogen-bond acceptors (Lipinski definition) is 7. The molecule has 2 heterocycles. The van der Waals surface area contributed by atoms with Gasteiger partial charge in [-0.3, -0.25) is 19.4 Å². The maximum Gasteiger partial charge on any atom is 0.326 e. The molecule has 1 saturated carbocycles. The summed E-state index contributed by atoms with van der Waals surface area (Å²) in [4.78, 5) is 41.3. The monoisotopic (exact) mass is 593 g/mol. The number of benzene rings is 2. The van der Waals surface area contributed by atoms with E-state index in [0.29, 0.717) is 36.9 Å². The lowest BCUT2D eigenvalue weighted by Gasteiger charge is -2.35. The van der Waals surface area contributed by atoms with E-state index in [4.69, 9.17) is 14.2 Å². The van der Waals surface area contributed by atoms with Crippen LogP contribution in [-0.2, 0) is 22.6 Å². The first kappa shape index (κ1) is 30.7. The zero-order chi connectivity index (χ0) is 30.5. The highest BCUT2D eigenvalue weighted by atomic mass is 16.5. The standard InChI is InChI=1S/C33H43N3O7/c1-22(26-9-11-28-27(19-26)13-16-42-28)35(20-23-4-7-25(8-5-23)32(38)39)21-24-6-10-29(30(18-24)41-3)43-17-15-36-31(37)12-14-34(2)33(36)40/h6,9-11,18-19,22-23,25H,4-5,7-8,12-17,20-21H2,1-3H3,(H,38,39). The summed E-state index contributed by atoms with van der Waals surface area (Å²) in [5, 5.41) is 9.46. The average Bonchev–Trinajstić information content (AvgIpc) is 3.49. The molecule has 0 radical (unpaired) electrons. The maximum absolute atomic E-state index is 12.4. The van der Waals surface area contributed by atoms with Gasteiger partial charge < -0.3 is 24.2 Å². The number of amides is 3. The lowest BCUT2D eigenvalue weighted by Crippen LogP contribution is -2.51. The number of carboxylic acids is 1. The molecular weight excluding hydrogens is 550 g/mol. The van der Waals surface area contributed by atoms with Gasteiger partial charge in [0.05, 0.1) is 26.2 Å². The van der Waals surface area contributed by atoms with Gasteiger partial charge in [-0.25, -0.2) is 4.79 Å². The SMILES string of the molecule is COc1cc(CN(CC2CCC(C(=O)O)CC2)C(C)c2ccc3c(c2)CCO3)ccc1OCCN1C(=O)CCN(C)C1=O. The molecule has 1 N–H and O–H groups in total. The molecule has 2 aliphatic heterocycles. The minimum atomic E-state index is -0.681. The number of ether oxygens (including phenoxy) is 3. The van der Waals surface area contributed by atoms with Gasteiger partial charge in [0.1, 0.15) is 12.4 Å². The summed E-state index contributed by atoms with van der Waals surface area (Å²) >= 11 is 0. The summed E-state index contributed by atoms with van der Waals surface area (Å²) in [7, 11) is 3.29. The number of carbonyl (C=O) groups excluding carboxylic acids is 2. The lowest BCUT2D eigenvalue weighted by atomic mass is 9.81. The van der Waals surface area contributed by atoms with E-state index in [-0.39, 0.29) is 37.0 Å². The van der Waals surface area contributed by atoms with Crippen molar-refractivity contribution in [3.63, 3.8) is 0 Å². The smallest absolute Gasteiger partial charge is 0.326 e. The molecular formula is C33H43N3O7. The van der Waals surface area contributed by atoms with Crippen LogP contribution in [-0.4, -0.2) is 84.7 Å². The molecule has 2 fully saturated rings. The first-order valence-electron chi connectivity index (χ1n) is 15.3. The zero-order valence-corrected chi connectivity index (χ0v) is 25.4. The van der Waals surface area contributed by atoms with Gasteiger partial charge in [0.2, 0.25) is 5.91 Å². The topological polar surface area (TPSA) is 109 Å². The molecule has 1 saturated heterocycles. The molecule has 0 spiro atoms. The van der Waals surface area contributed by atoms with Gasteiger partial charge in [-0.15, -0.1) is 0 Å². The van der Waals surface area contributed by atoms with E-state index in [9.17, 15) is 19.5 Å². The van der Waals surface area contributed by atoms with Crippen LogP contribution in [0.3, 0.4) is 0 Å². The fraction of sp³-hybridized carbons (Fsp3) is 0.545. The predicted octanol–water partition coefficient (Wildman–Crippen LogP) is 4.75. The van der Waals surface area contributed by atoms with Crippen LogP contribution in [0.5, 0.6) is 17.2 Å². The van der Waals surface area contributed by atoms with Gasteiger partial charge in [0.15, 0.2) is 11.5 Å². The van der Waals surface area contributed by atoms with Crippen molar-refractivity contribution in [1.82, 2.24) is 14.7 Å². The van der Waals surface area contributed by atoms with Crippen LogP contribution >= 0.6 is 0 Å². The third-order valence-corrected chi connectivity index (χ3v) is 9.14.